The number of allylic oxidation sites excluding steroid dienone is 4. The molecule has 4 rings (SSSR count). The molecule has 0 saturated heterocycles. The van der Waals surface area contributed by atoms with Gasteiger partial charge in [0, 0.05) is 0 Å². The van der Waals surface area contributed by atoms with Gasteiger partial charge in [-0.3, -0.25) is 0 Å². The number of rotatable bonds is 0. The van der Waals surface area contributed by atoms with E-state index in [2.05, 4.69) is 39.8 Å². The third-order valence-electron chi connectivity index (χ3n) is 8.44. The summed E-state index contributed by atoms with van der Waals surface area (Å²) in [5.74, 6) is 3.91. The molecule has 0 aliphatic heterocycles. The summed E-state index contributed by atoms with van der Waals surface area (Å²) in [5, 5.41) is 0. The Morgan fingerprint density at radius 2 is 1.82 bits per heavy atom. The summed E-state index contributed by atoms with van der Waals surface area (Å²) in [5.41, 5.74) is 4.45. The van der Waals surface area contributed by atoms with Crippen molar-refractivity contribution in [2.75, 3.05) is 0 Å². The molecule has 2 saturated carbocycles. The minimum Gasteiger partial charge on any atom is -0.0805 e. The van der Waals surface area contributed by atoms with Gasteiger partial charge in [-0.25, -0.2) is 0 Å². The van der Waals surface area contributed by atoms with E-state index < -0.39 is 0 Å². The molecule has 3 unspecified atom stereocenters. The highest BCUT2D eigenvalue weighted by Crippen LogP contribution is 2.65. The van der Waals surface area contributed by atoms with Crippen LogP contribution in [0.25, 0.3) is 0 Å². The lowest BCUT2D eigenvalue weighted by Crippen LogP contribution is -2.48. The highest BCUT2D eigenvalue weighted by atomic mass is 14.6. The zero-order valence-electron chi connectivity index (χ0n) is 14.4. The third-order valence-corrected chi connectivity index (χ3v) is 8.44. The molecule has 0 aromatic heterocycles. The van der Waals surface area contributed by atoms with Crippen molar-refractivity contribution in [3.63, 3.8) is 0 Å². The minimum absolute atomic E-state index is 0. The second-order valence-electron chi connectivity index (χ2n) is 9.20. The van der Waals surface area contributed by atoms with Crippen molar-refractivity contribution in [3.8, 4) is 0 Å². The maximum atomic E-state index is 2.64. The second kappa shape index (κ2) is 5.25. The lowest BCUT2D eigenvalue weighted by Gasteiger charge is -2.57. The lowest BCUT2D eigenvalue weighted by atomic mass is 9.48. The fourth-order valence-electron chi connectivity index (χ4n) is 6.73. The molecule has 4 aliphatic rings. The quantitative estimate of drug-likeness (QED) is 0.462. The van der Waals surface area contributed by atoms with Crippen molar-refractivity contribution >= 4 is 0 Å². The van der Waals surface area contributed by atoms with Gasteiger partial charge in [-0.15, -0.1) is 0 Å². The largest absolute Gasteiger partial charge is 0.0805 e. The van der Waals surface area contributed by atoms with Crippen molar-refractivity contribution in [1.29, 1.82) is 0 Å². The Morgan fingerprint density at radius 3 is 2.59 bits per heavy atom. The van der Waals surface area contributed by atoms with Gasteiger partial charge in [0.25, 0.3) is 0 Å². The molecule has 0 radical (unpaired) electrons. The maximum Gasteiger partial charge on any atom is -0.00443 e. The number of fused-ring (bicyclic) bond motifs is 5. The summed E-state index contributed by atoms with van der Waals surface area (Å²) in [7, 11) is 0. The zero-order valence-corrected chi connectivity index (χ0v) is 14.4. The van der Waals surface area contributed by atoms with E-state index in [1.807, 2.05) is 0 Å². The zero-order chi connectivity index (χ0) is 14.8. The maximum absolute atomic E-state index is 2.64. The molecule has 0 amide bonds. The molecule has 0 heteroatoms. The predicted octanol–water partition coefficient (Wildman–Crippen LogP) is 6.78. The SMILES string of the molecule is C.CC1=CC2=CCC3C(CC[C@@]4(C)C3CC[C@@H]4C)[C@@]2(C)CC1. The Kier molecular flexibility index (Phi) is 3.90. The first-order chi connectivity index (χ1) is 9.95. The van der Waals surface area contributed by atoms with E-state index in [1.165, 1.54) is 44.9 Å². The molecular formula is C22H36. The highest BCUT2D eigenvalue weighted by Gasteiger charge is 2.56. The Bertz CT molecular complexity index is 510. The topological polar surface area (TPSA) is 0 Å². The Hall–Kier alpha value is -0.520. The molecule has 0 aromatic carbocycles. The molecular weight excluding hydrogens is 264 g/mol. The van der Waals surface area contributed by atoms with E-state index in [0.717, 1.165) is 23.7 Å². The van der Waals surface area contributed by atoms with Crippen molar-refractivity contribution < 1.29 is 0 Å². The summed E-state index contributed by atoms with van der Waals surface area (Å²) >= 11 is 0. The Labute approximate surface area is 138 Å². The van der Waals surface area contributed by atoms with Crippen LogP contribution < -0.4 is 0 Å². The van der Waals surface area contributed by atoms with Crippen molar-refractivity contribution in [3.05, 3.63) is 23.3 Å². The van der Waals surface area contributed by atoms with Gasteiger partial charge in [0.05, 0.1) is 0 Å². The van der Waals surface area contributed by atoms with Crippen molar-refractivity contribution in [2.24, 2.45) is 34.5 Å². The van der Waals surface area contributed by atoms with Gasteiger partial charge in [0.15, 0.2) is 0 Å². The molecule has 124 valence electrons. The first-order valence-electron chi connectivity index (χ1n) is 9.33. The van der Waals surface area contributed by atoms with Gasteiger partial charge in [-0.1, -0.05) is 45.9 Å². The summed E-state index contributed by atoms with van der Waals surface area (Å²) in [6, 6.07) is 0. The average Bonchev–Trinajstić information content (AvgIpc) is 2.76. The number of hydrogen-bond donors (Lipinski definition) is 0. The third kappa shape index (κ3) is 2.01. The van der Waals surface area contributed by atoms with Crippen LogP contribution in [0.3, 0.4) is 0 Å². The van der Waals surface area contributed by atoms with Crippen LogP contribution in [-0.4, -0.2) is 0 Å². The standard InChI is InChI=1S/C21H32.CH4/c1-14-9-11-21(4)16(13-14)6-7-17-18-8-5-15(2)20(18,3)12-10-19(17)21;/h6,13,15,17-19H,5,7-12H2,1-4H3;1H4/t15-,17?,18?,19?,20+,21-;/m0./s1. The second-order valence-corrected chi connectivity index (χ2v) is 9.20. The van der Waals surface area contributed by atoms with Gasteiger partial charge < -0.3 is 0 Å². The van der Waals surface area contributed by atoms with E-state index in [0.29, 0.717) is 10.8 Å². The van der Waals surface area contributed by atoms with Crippen LogP contribution in [0, 0.1) is 34.5 Å². The molecule has 22 heavy (non-hydrogen) atoms. The Morgan fingerprint density at radius 1 is 1.05 bits per heavy atom. The molecule has 0 bridgehead atoms. The summed E-state index contributed by atoms with van der Waals surface area (Å²) < 4.78 is 0. The lowest BCUT2D eigenvalue weighted by molar-refractivity contribution is -0.0329. The highest BCUT2D eigenvalue weighted by molar-refractivity contribution is 5.36. The monoisotopic (exact) mass is 300 g/mol. The molecule has 2 fully saturated rings. The van der Waals surface area contributed by atoms with E-state index in [-0.39, 0.29) is 7.43 Å². The van der Waals surface area contributed by atoms with E-state index >= 15 is 0 Å². The molecule has 0 nitrogen and oxygen atoms in total. The normalized spacial score (nSPS) is 50.0. The van der Waals surface area contributed by atoms with E-state index in [1.54, 1.807) is 11.1 Å². The smallest absolute Gasteiger partial charge is 0.00443 e. The summed E-state index contributed by atoms with van der Waals surface area (Å²) in [6.45, 7) is 10.1. The van der Waals surface area contributed by atoms with Crippen LogP contribution in [0.5, 0.6) is 0 Å². The van der Waals surface area contributed by atoms with Gasteiger partial charge in [-0.05, 0) is 91.9 Å². The van der Waals surface area contributed by atoms with Crippen LogP contribution >= 0.6 is 0 Å². The van der Waals surface area contributed by atoms with Crippen LogP contribution in [0.2, 0.25) is 0 Å². The van der Waals surface area contributed by atoms with E-state index in [9.17, 15) is 0 Å². The predicted molar refractivity (Wildman–Crippen MR) is 96.7 cm³/mol. The minimum atomic E-state index is 0. The molecule has 0 aromatic rings. The molecule has 0 spiro atoms. The fraction of sp³-hybridized carbons (Fsp3) is 0.818. The van der Waals surface area contributed by atoms with Gasteiger partial charge in [0.1, 0.15) is 0 Å². The van der Waals surface area contributed by atoms with Gasteiger partial charge in [-0.2, -0.15) is 0 Å². The Balaban J connectivity index is 0.00000144. The van der Waals surface area contributed by atoms with Gasteiger partial charge >= 0.3 is 0 Å². The molecule has 0 heterocycles. The average molecular weight is 301 g/mol. The van der Waals surface area contributed by atoms with Crippen LogP contribution in [0.15, 0.2) is 23.3 Å². The van der Waals surface area contributed by atoms with Crippen molar-refractivity contribution in [1.82, 2.24) is 0 Å². The summed E-state index contributed by atoms with van der Waals surface area (Å²) in [4.78, 5) is 0. The van der Waals surface area contributed by atoms with Crippen LogP contribution in [-0.2, 0) is 0 Å². The molecule has 0 N–H and O–H groups in total. The van der Waals surface area contributed by atoms with Crippen molar-refractivity contribution in [2.45, 2.75) is 80.1 Å². The van der Waals surface area contributed by atoms with Crippen LogP contribution in [0.1, 0.15) is 80.1 Å². The van der Waals surface area contributed by atoms with Crippen LogP contribution in [0.4, 0.5) is 0 Å². The molecule has 6 atom stereocenters. The van der Waals surface area contributed by atoms with Gasteiger partial charge in [0.2, 0.25) is 0 Å². The first-order valence-corrected chi connectivity index (χ1v) is 9.33. The summed E-state index contributed by atoms with van der Waals surface area (Å²) in [6.07, 6.45) is 15.2. The fourth-order valence-corrected chi connectivity index (χ4v) is 6.73. The molecule has 4 aliphatic carbocycles. The van der Waals surface area contributed by atoms with E-state index in [4.69, 9.17) is 0 Å². The first kappa shape index (κ1) is 16.3. The number of hydrogen-bond acceptors (Lipinski definition) is 0.